The van der Waals surface area contributed by atoms with Crippen molar-refractivity contribution in [2.75, 3.05) is 13.7 Å². The van der Waals surface area contributed by atoms with E-state index in [4.69, 9.17) is 32.7 Å². The molecule has 2 amide bonds. The van der Waals surface area contributed by atoms with Crippen LogP contribution in [-0.2, 0) is 16.1 Å². The average Bonchev–Trinajstić information content (AvgIpc) is 2.83. The van der Waals surface area contributed by atoms with Crippen molar-refractivity contribution in [1.29, 1.82) is 0 Å². The number of ether oxygens (including phenoxy) is 2. The van der Waals surface area contributed by atoms with Gasteiger partial charge in [-0.25, -0.2) is 0 Å². The third-order valence-electron chi connectivity index (χ3n) is 5.88. The standard InChI is InChI=1S/C25H30Cl2N2O4/c1-17(25(31)28-19-8-4-3-5-9-19)29(15-18-12-13-20(26)21(27)14-18)24(30)16-33-23-11-7-6-10-22(23)32-2/h6-7,10-14,17,19H,3-5,8-9,15-16H2,1-2H3,(H,28,31)/t17-/m1/s1. The topological polar surface area (TPSA) is 67.9 Å². The second-order valence-electron chi connectivity index (χ2n) is 8.23. The molecule has 2 aromatic carbocycles. The van der Waals surface area contributed by atoms with Crippen molar-refractivity contribution in [1.82, 2.24) is 10.2 Å². The molecule has 2 aromatic rings. The third-order valence-corrected chi connectivity index (χ3v) is 6.62. The number of rotatable bonds is 9. The summed E-state index contributed by atoms with van der Waals surface area (Å²) in [5, 5.41) is 3.94. The third kappa shape index (κ3) is 7.02. The highest BCUT2D eigenvalue weighted by Gasteiger charge is 2.28. The lowest BCUT2D eigenvalue weighted by molar-refractivity contribution is -0.142. The molecule has 0 saturated heterocycles. The molecule has 33 heavy (non-hydrogen) atoms. The SMILES string of the molecule is COc1ccccc1OCC(=O)N(Cc1ccc(Cl)c(Cl)c1)[C@H](C)C(=O)NC1CCCCC1. The predicted octanol–water partition coefficient (Wildman–Crippen LogP) is 5.25. The van der Waals surface area contributed by atoms with E-state index >= 15 is 0 Å². The van der Waals surface area contributed by atoms with Gasteiger partial charge in [-0.05, 0) is 49.6 Å². The number of nitrogens with one attached hydrogen (secondary N) is 1. The van der Waals surface area contributed by atoms with Gasteiger partial charge >= 0.3 is 0 Å². The van der Waals surface area contributed by atoms with E-state index in [1.807, 2.05) is 6.07 Å². The van der Waals surface area contributed by atoms with Crippen molar-refractivity contribution in [3.63, 3.8) is 0 Å². The highest BCUT2D eigenvalue weighted by atomic mass is 35.5. The van der Waals surface area contributed by atoms with Gasteiger partial charge in [-0.2, -0.15) is 0 Å². The smallest absolute Gasteiger partial charge is 0.261 e. The van der Waals surface area contributed by atoms with Gasteiger partial charge in [0.05, 0.1) is 17.2 Å². The van der Waals surface area contributed by atoms with Crippen LogP contribution in [0.5, 0.6) is 11.5 Å². The van der Waals surface area contributed by atoms with Crippen LogP contribution < -0.4 is 14.8 Å². The summed E-state index contributed by atoms with van der Waals surface area (Å²) in [5.41, 5.74) is 0.771. The number of hydrogen-bond donors (Lipinski definition) is 1. The van der Waals surface area contributed by atoms with Gasteiger partial charge in [0.2, 0.25) is 5.91 Å². The molecule has 8 heteroatoms. The minimum atomic E-state index is -0.685. The van der Waals surface area contributed by atoms with Gasteiger partial charge in [-0.15, -0.1) is 0 Å². The van der Waals surface area contributed by atoms with E-state index in [1.165, 1.54) is 18.4 Å². The molecule has 6 nitrogen and oxygen atoms in total. The summed E-state index contributed by atoms with van der Waals surface area (Å²) in [6, 6.07) is 11.8. The Kier molecular flexibility index (Phi) is 9.27. The summed E-state index contributed by atoms with van der Waals surface area (Å²) >= 11 is 12.2. The molecule has 0 aliphatic heterocycles. The van der Waals surface area contributed by atoms with Crippen molar-refractivity contribution in [3.05, 3.63) is 58.1 Å². The molecule has 0 heterocycles. The van der Waals surface area contributed by atoms with Crippen molar-refractivity contribution in [3.8, 4) is 11.5 Å². The fourth-order valence-electron chi connectivity index (χ4n) is 3.95. The maximum atomic E-state index is 13.2. The first-order valence-corrected chi connectivity index (χ1v) is 11.9. The molecule has 1 fully saturated rings. The number of para-hydroxylation sites is 2. The van der Waals surface area contributed by atoms with Gasteiger partial charge < -0.3 is 19.7 Å². The molecule has 0 spiro atoms. The van der Waals surface area contributed by atoms with Gasteiger partial charge in [-0.1, -0.05) is 60.7 Å². The first-order chi connectivity index (χ1) is 15.9. The van der Waals surface area contributed by atoms with Gasteiger partial charge in [0.1, 0.15) is 6.04 Å². The van der Waals surface area contributed by atoms with Crippen LogP contribution in [0.4, 0.5) is 0 Å². The van der Waals surface area contributed by atoms with Crippen LogP contribution in [-0.4, -0.2) is 42.5 Å². The Balaban J connectivity index is 1.74. The average molecular weight is 493 g/mol. The van der Waals surface area contributed by atoms with Crippen LogP contribution in [0.1, 0.15) is 44.6 Å². The van der Waals surface area contributed by atoms with E-state index < -0.39 is 6.04 Å². The fourth-order valence-corrected chi connectivity index (χ4v) is 4.27. The number of carbonyl (C=O) groups excluding carboxylic acids is 2. The van der Waals surface area contributed by atoms with Crippen LogP contribution in [0, 0.1) is 0 Å². The molecule has 0 unspecified atom stereocenters. The molecule has 3 rings (SSSR count). The van der Waals surface area contributed by atoms with Crippen molar-refractivity contribution in [2.24, 2.45) is 0 Å². The summed E-state index contributed by atoms with van der Waals surface area (Å²) < 4.78 is 11.0. The van der Waals surface area contributed by atoms with E-state index in [0.717, 1.165) is 31.2 Å². The Hall–Kier alpha value is -2.44. The van der Waals surface area contributed by atoms with E-state index in [2.05, 4.69) is 5.32 Å². The van der Waals surface area contributed by atoms with Crippen LogP contribution in [0.3, 0.4) is 0 Å². The summed E-state index contributed by atoms with van der Waals surface area (Å²) in [5.74, 6) is 0.498. The largest absolute Gasteiger partial charge is 0.493 e. The number of halogens is 2. The maximum absolute atomic E-state index is 13.2. The quantitative estimate of drug-likeness (QED) is 0.519. The number of hydrogen-bond acceptors (Lipinski definition) is 4. The number of amides is 2. The van der Waals surface area contributed by atoms with E-state index in [9.17, 15) is 9.59 Å². The fraction of sp³-hybridized carbons (Fsp3) is 0.440. The molecular weight excluding hydrogens is 463 g/mol. The molecule has 1 N–H and O–H groups in total. The highest BCUT2D eigenvalue weighted by Crippen LogP contribution is 2.27. The Bertz CT molecular complexity index is 963. The molecular formula is C25H30Cl2N2O4. The van der Waals surface area contributed by atoms with Crippen LogP contribution in [0.15, 0.2) is 42.5 Å². The van der Waals surface area contributed by atoms with Gasteiger partial charge in [-0.3, -0.25) is 9.59 Å². The molecule has 1 aliphatic carbocycles. The van der Waals surface area contributed by atoms with Crippen molar-refractivity contribution in [2.45, 2.75) is 57.7 Å². The Morgan fingerprint density at radius 2 is 1.76 bits per heavy atom. The minimum absolute atomic E-state index is 0.153. The Labute approximate surface area is 205 Å². The van der Waals surface area contributed by atoms with E-state index in [1.54, 1.807) is 43.3 Å². The van der Waals surface area contributed by atoms with Crippen molar-refractivity contribution < 1.29 is 19.1 Å². The van der Waals surface area contributed by atoms with Crippen LogP contribution >= 0.6 is 23.2 Å². The number of methoxy groups -OCH3 is 1. The molecule has 1 aliphatic rings. The van der Waals surface area contributed by atoms with E-state index in [-0.39, 0.29) is 31.0 Å². The number of benzene rings is 2. The summed E-state index contributed by atoms with van der Waals surface area (Å²) in [4.78, 5) is 27.8. The van der Waals surface area contributed by atoms with E-state index in [0.29, 0.717) is 21.5 Å². The zero-order valence-corrected chi connectivity index (χ0v) is 20.5. The lowest BCUT2D eigenvalue weighted by Gasteiger charge is -2.31. The lowest BCUT2D eigenvalue weighted by atomic mass is 9.95. The summed E-state index contributed by atoms with van der Waals surface area (Å²) in [7, 11) is 1.54. The van der Waals surface area contributed by atoms with Crippen LogP contribution in [0.25, 0.3) is 0 Å². The van der Waals surface area contributed by atoms with Gasteiger partial charge in [0.15, 0.2) is 18.1 Å². The zero-order valence-electron chi connectivity index (χ0n) is 19.0. The molecule has 1 atom stereocenters. The normalized spacial score (nSPS) is 14.9. The van der Waals surface area contributed by atoms with Crippen molar-refractivity contribution >= 4 is 35.0 Å². The molecule has 0 aromatic heterocycles. The Morgan fingerprint density at radius 1 is 1.06 bits per heavy atom. The number of nitrogens with zero attached hydrogens (tertiary/aromatic N) is 1. The first-order valence-electron chi connectivity index (χ1n) is 11.2. The maximum Gasteiger partial charge on any atom is 0.261 e. The number of carbonyl (C=O) groups is 2. The van der Waals surface area contributed by atoms with Gasteiger partial charge in [0.25, 0.3) is 5.91 Å². The summed E-state index contributed by atoms with van der Waals surface area (Å²) in [6.07, 6.45) is 5.35. The molecule has 178 valence electrons. The zero-order chi connectivity index (χ0) is 23.8. The molecule has 0 radical (unpaired) electrons. The molecule has 1 saturated carbocycles. The molecule has 0 bridgehead atoms. The predicted molar refractivity (Wildman–Crippen MR) is 130 cm³/mol. The second-order valence-corrected chi connectivity index (χ2v) is 9.04. The monoisotopic (exact) mass is 492 g/mol. The van der Waals surface area contributed by atoms with Crippen LogP contribution in [0.2, 0.25) is 10.0 Å². The highest BCUT2D eigenvalue weighted by molar-refractivity contribution is 6.42. The minimum Gasteiger partial charge on any atom is -0.493 e. The Morgan fingerprint density at radius 3 is 2.42 bits per heavy atom. The second kappa shape index (κ2) is 12.1. The van der Waals surface area contributed by atoms with Gasteiger partial charge in [0, 0.05) is 12.6 Å². The summed E-state index contributed by atoms with van der Waals surface area (Å²) in [6.45, 7) is 1.70. The first kappa shape index (κ1) is 25.2. The lowest BCUT2D eigenvalue weighted by Crippen LogP contribution is -2.51.